The van der Waals surface area contributed by atoms with Crippen LogP contribution in [0.2, 0.25) is 0 Å². The van der Waals surface area contributed by atoms with Crippen molar-refractivity contribution in [1.82, 2.24) is 16.0 Å². The smallest absolute Gasteiger partial charge is 0.314 e. The summed E-state index contributed by atoms with van der Waals surface area (Å²) >= 11 is 0. The lowest BCUT2D eigenvalue weighted by molar-refractivity contribution is 0.238. The Kier molecular flexibility index (Phi) is 5.46. The van der Waals surface area contributed by atoms with Crippen molar-refractivity contribution in [2.45, 2.75) is 18.5 Å². The van der Waals surface area contributed by atoms with Crippen LogP contribution < -0.4 is 21.7 Å². The maximum atomic E-state index is 12.0. The molecule has 24 heavy (non-hydrogen) atoms. The van der Waals surface area contributed by atoms with E-state index in [1.165, 1.54) is 11.1 Å². The predicted molar refractivity (Wildman–Crippen MR) is 95.7 cm³/mol. The molecule has 2 amide bonds. The molecule has 2 atom stereocenters. The third-order valence-electron chi connectivity index (χ3n) is 4.39. The molecule has 0 saturated heterocycles. The molecule has 2 aromatic rings. The van der Waals surface area contributed by atoms with Gasteiger partial charge in [0.2, 0.25) is 0 Å². The number of benzene rings is 2. The SMILES string of the molecule is NC(CNC(=O)NCC1NCCc2ccccc21)c1ccccc1. The molecule has 0 bridgehead atoms. The van der Waals surface area contributed by atoms with Crippen molar-refractivity contribution in [3.8, 4) is 0 Å². The fourth-order valence-electron chi connectivity index (χ4n) is 3.05. The highest BCUT2D eigenvalue weighted by molar-refractivity contribution is 5.74. The molecule has 1 aliphatic heterocycles. The number of hydrogen-bond donors (Lipinski definition) is 4. The lowest BCUT2D eigenvalue weighted by Crippen LogP contribution is -2.44. The molecule has 2 unspecified atom stereocenters. The topological polar surface area (TPSA) is 79.2 Å². The average molecular weight is 324 g/mol. The van der Waals surface area contributed by atoms with Crippen molar-refractivity contribution in [1.29, 1.82) is 0 Å². The zero-order chi connectivity index (χ0) is 16.8. The van der Waals surface area contributed by atoms with E-state index in [1.54, 1.807) is 0 Å². The minimum absolute atomic E-state index is 0.156. The Morgan fingerprint density at radius 1 is 1.12 bits per heavy atom. The van der Waals surface area contributed by atoms with E-state index in [9.17, 15) is 4.79 Å². The van der Waals surface area contributed by atoms with Gasteiger partial charge in [-0.2, -0.15) is 0 Å². The molecule has 5 heteroatoms. The summed E-state index contributed by atoms with van der Waals surface area (Å²) in [6, 6.07) is 17.9. The van der Waals surface area contributed by atoms with Gasteiger partial charge in [-0.05, 0) is 29.7 Å². The molecule has 2 aromatic carbocycles. The first-order valence-electron chi connectivity index (χ1n) is 8.37. The standard InChI is InChI=1S/C19H24N4O/c20-17(15-7-2-1-3-8-15)12-22-19(24)23-13-18-16-9-5-4-6-14(16)10-11-21-18/h1-9,17-18,21H,10-13,20H2,(H2,22,23,24). The highest BCUT2D eigenvalue weighted by Gasteiger charge is 2.19. The fraction of sp³-hybridized carbons (Fsp3) is 0.316. The second-order valence-electron chi connectivity index (χ2n) is 6.06. The first kappa shape index (κ1) is 16.5. The lowest BCUT2D eigenvalue weighted by Gasteiger charge is -2.27. The maximum Gasteiger partial charge on any atom is 0.314 e. The number of amides is 2. The zero-order valence-electron chi connectivity index (χ0n) is 13.7. The molecule has 3 rings (SSSR count). The fourth-order valence-corrected chi connectivity index (χ4v) is 3.05. The summed E-state index contributed by atoms with van der Waals surface area (Å²) in [6.45, 7) is 1.90. The molecule has 5 nitrogen and oxygen atoms in total. The summed E-state index contributed by atoms with van der Waals surface area (Å²) in [4.78, 5) is 12.0. The van der Waals surface area contributed by atoms with Crippen LogP contribution in [0.4, 0.5) is 4.79 Å². The van der Waals surface area contributed by atoms with Gasteiger partial charge in [-0.1, -0.05) is 54.6 Å². The van der Waals surface area contributed by atoms with Crippen LogP contribution in [0.25, 0.3) is 0 Å². The highest BCUT2D eigenvalue weighted by atomic mass is 16.2. The zero-order valence-corrected chi connectivity index (χ0v) is 13.7. The van der Waals surface area contributed by atoms with Gasteiger partial charge in [-0.15, -0.1) is 0 Å². The highest BCUT2D eigenvalue weighted by Crippen LogP contribution is 2.21. The minimum Gasteiger partial charge on any atom is -0.336 e. The molecule has 126 valence electrons. The number of nitrogens with two attached hydrogens (primary N) is 1. The van der Waals surface area contributed by atoms with Gasteiger partial charge < -0.3 is 21.7 Å². The van der Waals surface area contributed by atoms with Gasteiger partial charge in [-0.25, -0.2) is 4.79 Å². The van der Waals surface area contributed by atoms with Crippen molar-refractivity contribution in [3.05, 3.63) is 71.3 Å². The number of urea groups is 1. The van der Waals surface area contributed by atoms with E-state index in [0.29, 0.717) is 13.1 Å². The number of carbonyl (C=O) groups is 1. The second kappa shape index (κ2) is 7.95. The quantitative estimate of drug-likeness (QED) is 0.678. The molecule has 1 heterocycles. The Bertz CT molecular complexity index is 674. The Morgan fingerprint density at radius 2 is 1.88 bits per heavy atom. The van der Waals surface area contributed by atoms with Crippen molar-refractivity contribution in [2.24, 2.45) is 5.73 Å². The van der Waals surface area contributed by atoms with Crippen molar-refractivity contribution >= 4 is 6.03 Å². The summed E-state index contributed by atoms with van der Waals surface area (Å²) in [6.07, 6.45) is 1.03. The van der Waals surface area contributed by atoms with Gasteiger partial charge in [0.1, 0.15) is 0 Å². The molecular weight excluding hydrogens is 300 g/mol. The lowest BCUT2D eigenvalue weighted by atomic mass is 9.94. The molecule has 0 aromatic heterocycles. The van der Waals surface area contributed by atoms with E-state index < -0.39 is 0 Å². The van der Waals surface area contributed by atoms with Crippen LogP contribution in [0.3, 0.4) is 0 Å². The number of carbonyl (C=O) groups excluding carboxylic acids is 1. The van der Waals surface area contributed by atoms with Crippen LogP contribution in [-0.2, 0) is 6.42 Å². The van der Waals surface area contributed by atoms with Crippen molar-refractivity contribution in [3.63, 3.8) is 0 Å². The first-order valence-corrected chi connectivity index (χ1v) is 8.37. The number of nitrogens with one attached hydrogen (secondary N) is 3. The molecule has 5 N–H and O–H groups in total. The van der Waals surface area contributed by atoms with E-state index in [1.807, 2.05) is 36.4 Å². The van der Waals surface area contributed by atoms with Gasteiger partial charge in [0, 0.05) is 25.2 Å². The molecule has 0 aliphatic carbocycles. The van der Waals surface area contributed by atoms with E-state index in [4.69, 9.17) is 5.73 Å². The Balaban J connectivity index is 1.47. The van der Waals surface area contributed by atoms with E-state index in [-0.39, 0.29) is 18.1 Å². The summed E-state index contributed by atoms with van der Waals surface area (Å²) in [5.41, 5.74) is 9.73. The van der Waals surface area contributed by atoms with Gasteiger partial charge in [0.15, 0.2) is 0 Å². The van der Waals surface area contributed by atoms with Gasteiger partial charge in [0.05, 0.1) is 0 Å². The Hall–Kier alpha value is -2.37. The monoisotopic (exact) mass is 324 g/mol. The van der Waals surface area contributed by atoms with E-state index in [2.05, 4.69) is 34.1 Å². The van der Waals surface area contributed by atoms with Gasteiger partial charge in [0.25, 0.3) is 0 Å². The average Bonchev–Trinajstić information content (AvgIpc) is 2.65. The van der Waals surface area contributed by atoms with Crippen LogP contribution in [0.15, 0.2) is 54.6 Å². The normalized spacial score (nSPS) is 17.6. The first-order chi connectivity index (χ1) is 11.7. The number of hydrogen-bond acceptors (Lipinski definition) is 3. The minimum atomic E-state index is -0.203. The largest absolute Gasteiger partial charge is 0.336 e. The van der Waals surface area contributed by atoms with Crippen molar-refractivity contribution in [2.75, 3.05) is 19.6 Å². The molecule has 0 fully saturated rings. The van der Waals surface area contributed by atoms with Gasteiger partial charge >= 0.3 is 6.03 Å². The van der Waals surface area contributed by atoms with E-state index >= 15 is 0 Å². The molecule has 0 saturated carbocycles. The molecular formula is C19H24N4O. The molecule has 1 aliphatic rings. The third kappa shape index (κ3) is 4.13. The molecule has 0 spiro atoms. The van der Waals surface area contributed by atoms with Crippen LogP contribution in [0.5, 0.6) is 0 Å². The number of rotatable bonds is 5. The number of fused-ring (bicyclic) bond motifs is 1. The van der Waals surface area contributed by atoms with Crippen molar-refractivity contribution < 1.29 is 4.79 Å². The van der Waals surface area contributed by atoms with Crippen LogP contribution in [0, 0.1) is 0 Å². The van der Waals surface area contributed by atoms with Gasteiger partial charge in [-0.3, -0.25) is 0 Å². The summed E-state index contributed by atoms with van der Waals surface area (Å²) in [7, 11) is 0. The third-order valence-corrected chi connectivity index (χ3v) is 4.39. The predicted octanol–water partition coefficient (Wildman–Crippen LogP) is 1.87. The van der Waals surface area contributed by atoms with Crippen LogP contribution in [-0.4, -0.2) is 25.7 Å². The summed E-state index contributed by atoms with van der Waals surface area (Å²) in [5.74, 6) is 0. The second-order valence-corrected chi connectivity index (χ2v) is 6.06. The summed E-state index contributed by atoms with van der Waals surface area (Å²) < 4.78 is 0. The molecule has 0 radical (unpaired) electrons. The van der Waals surface area contributed by atoms with E-state index in [0.717, 1.165) is 18.5 Å². The Morgan fingerprint density at radius 3 is 2.71 bits per heavy atom. The Labute approximate surface area is 142 Å². The van der Waals surface area contributed by atoms with Crippen LogP contribution in [0.1, 0.15) is 28.8 Å². The van der Waals surface area contributed by atoms with Crippen LogP contribution >= 0.6 is 0 Å². The summed E-state index contributed by atoms with van der Waals surface area (Å²) in [5, 5.41) is 9.23. The maximum absolute atomic E-state index is 12.0.